The van der Waals surface area contributed by atoms with Gasteiger partial charge in [-0.25, -0.2) is 0 Å². The Kier molecular flexibility index (Phi) is 8.49. The van der Waals surface area contributed by atoms with Crippen LogP contribution in [-0.2, 0) is 0 Å². The van der Waals surface area contributed by atoms with Gasteiger partial charge in [-0.15, -0.1) is 11.6 Å². The van der Waals surface area contributed by atoms with E-state index in [4.69, 9.17) is 21.1 Å². The van der Waals surface area contributed by atoms with E-state index in [2.05, 4.69) is 6.92 Å². The molecule has 2 nitrogen and oxygen atoms in total. The number of para-hydroxylation sites is 2. The minimum absolute atomic E-state index is 0.732. The van der Waals surface area contributed by atoms with E-state index in [0.29, 0.717) is 0 Å². The summed E-state index contributed by atoms with van der Waals surface area (Å²) in [4.78, 5) is 0. The quantitative estimate of drug-likeness (QED) is 0.455. The highest BCUT2D eigenvalue weighted by Gasteiger charge is 2.03. The normalized spacial score (nSPS) is 10.3. The highest BCUT2D eigenvalue weighted by Crippen LogP contribution is 2.26. The van der Waals surface area contributed by atoms with Crippen molar-refractivity contribution in [3.8, 4) is 11.5 Å². The molecule has 0 spiro atoms. The number of benzene rings is 1. The fourth-order valence-electron chi connectivity index (χ4n) is 1.63. The average molecular weight is 271 g/mol. The molecule has 0 unspecified atom stereocenters. The van der Waals surface area contributed by atoms with E-state index in [0.717, 1.165) is 49.9 Å². The third kappa shape index (κ3) is 6.15. The molecular formula is C15H23ClO2. The molecule has 0 saturated carbocycles. The van der Waals surface area contributed by atoms with Gasteiger partial charge in [0, 0.05) is 5.88 Å². The van der Waals surface area contributed by atoms with Gasteiger partial charge in [-0.3, -0.25) is 0 Å². The standard InChI is InChI=1S/C15H23ClO2/c1-2-12-17-14-9-5-6-10-15(14)18-13-8-4-3-7-11-16/h5-6,9-10H,2-4,7-8,11-13H2,1H3. The van der Waals surface area contributed by atoms with Crippen LogP contribution in [0, 0.1) is 0 Å². The lowest BCUT2D eigenvalue weighted by Crippen LogP contribution is -2.01. The van der Waals surface area contributed by atoms with Crippen LogP contribution in [0.2, 0.25) is 0 Å². The van der Waals surface area contributed by atoms with Crippen LogP contribution in [0.25, 0.3) is 0 Å². The van der Waals surface area contributed by atoms with Gasteiger partial charge in [0.25, 0.3) is 0 Å². The molecule has 0 aromatic heterocycles. The van der Waals surface area contributed by atoms with E-state index in [1.807, 2.05) is 24.3 Å². The number of hydrogen-bond acceptors (Lipinski definition) is 2. The van der Waals surface area contributed by atoms with Crippen LogP contribution in [0.3, 0.4) is 0 Å². The first-order valence-electron chi connectivity index (χ1n) is 6.79. The van der Waals surface area contributed by atoms with Gasteiger partial charge >= 0.3 is 0 Å². The minimum Gasteiger partial charge on any atom is -0.490 e. The first-order chi connectivity index (χ1) is 8.88. The third-order valence-corrected chi connectivity index (χ3v) is 2.86. The zero-order valence-corrected chi connectivity index (χ0v) is 11.9. The molecule has 1 rings (SSSR count). The van der Waals surface area contributed by atoms with Crippen molar-refractivity contribution in [2.45, 2.75) is 39.0 Å². The maximum atomic E-state index is 5.76. The fourth-order valence-corrected chi connectivity index (χ4v) is 1.82. The Bertz CT molecular complexity index is 315. The van der Waals surface area contributed by atoms with Gasteiger partial charge in [0.2, 0.25) is 0 Å². The molecule has 0 heterocycles. The SMILES string of the molecule is CCCOc1ccccc1OCCCCCCCl. The molecule has 3 heteroatoms. The number of ether oxygens (including phenoxy) is 2. The van der Waals surface area contributed by atoms with Crippen LogP contribution >= 0.6 is 11.6 Å². The summed E-state index contributed by atoms with van der Waals surface area (Å²) >= 11 is 5.63. The van der Waals surface area contributed by atoms with Crippen molar-refractivity contribution in [2.24, 2.45) is 0 Å². The van der Waals surface area contributed by atoms with Gasteiger partial charge in [0.05, 0.1) is 13.2 Å². The molecule has 0 aliphatic heterocycles. The van der Waals surface area contributed by atoms with Crippen molar-refractivity contribution in [3.63, 3.8) is 0 Å². The minimum atomic E-state index is 0.732. The zero-order valence-electron chi connectivity index (χ0n) is 11.2. The van der Waals surface area contributed by atoms with Crippen LogP contribution in [-0.4, -0.2) is 19.1 Å². The predicted octanol–water partition coefficient (Wildman–Crippen LogP) is 4.65. The summed E-state index contributed by atoms with van der Waals surface area (Å²) in [5, 5.41) is 0. The Hall–Kier alpha value is -0.890. The van der Waals surface area contributed by atoms with Crippen LogP contribution in [0.15, 0.2) is 24.3 Å². The van der Waals surface area contributed by atoms with E-state index < -0.39 is 0 Å². The molecule has 0 atom stereocenters. The molecule has 0 amide bonds. The topological polar surface area (TPSA) is 18.5 Å². The molecule has 1 aromatic carbocycles. The summed E-state index contributed by atoms with van der Waals surface area (Å²) in [6.45, 7) is 3.57. The lowest BCUT2D eigenvalue weighted by molar-refractivity contribution is 0.263. The van der Waals surface area contributed by atoms with Crippen molar-refractivity contribution in [3.05, 3.63) is 24.3 Å². The Morgan fingerprint density at radius 1 is 0.889 bits per heavy atom. The summed E-state index contributed by atoms with van der Waals surface area (Å²) in [5.74, 6) is 2.46. The molecule has 0 bridgehead atoms. The molecule has 0 radical (unpaired) electrons. The highest BCUT2D eigenvalue weighted by molar-refractivity contribution is 6.17. The van der Waals surface area contributed by atoms with Gasteiger partial charge in [0.15, 0.2) is 11.5 Å². The van der Waals surface area contributed by atoms with Gasteiger partial charge in [-0.1, -0.05) is 31.9 Å². The molecule has 0 N–H and O–H groups in total. The van der Waals surface area contributed by atoms with Gasteiger partial charge < -0.3 is 9.47 Å². The van der Waals surface area contributed by atoms with Gasteiger partial charge in [-0.2, -0.15) is 0 Å². The summed E-state index contributed by atoms with van der Waals surface area (Å²) in [5.41, 5.74) is 0. The van der Waals surface area contributed by atoms with E-state index >= 15 is 0 Å². The first kappa shape index (κ1) is 15.2. The summed E-state index contributed by atoms with van der Waals surface area (Å²) in [7, 11) is 0. The lowest BCUT2D eigenvalue weighted by atomic mass is 10.2. The van der Waals surface area contributed by atoms with Crippen molar-refractivity contribution in [1.82, 2.24) is 0 Å². The van der Waals surface area contributed by atoms with E-state index in [-0.39, 0.29) is 0 Å². The van der Waals surface area contributed by atoms with Crippen LogP contribution in [0.4, 0.5) is 0 Å². The molecule has 0 aliphatic rings. The number of alkyl halides is 1. The second kappa shape index (κ2) is 10.1. The smallest absolute Gasteiger partial charge is 0.161 e. The third-order valence-electron chi connectivity index (χ3n) is 2.60. The molecule has 0 fully saturated rings. The van der Waals surface area contributed by atoms with Crippen molar-refractivity contribution >= 4 is 11.6 Å². The van der Waals surface area contributed by atoms with Crippen LogP contribution in [0.5, 0.6) is 11.5 Å². The zero-order chi connectivity index (χ0) is 13.1. The number of unbranched alkanes of at least 4 members (excludes halogenated alkanes) is 3. The monoisotopic (exact) mass is 270 g/mol. The number of halogens is 1. The average Bonchev–Trinajstić information content (AvgIpc) is 2.41. The van der Waals surface area contributed by atoms with Crippen molar-refractivity contribution < 1.29 is 9.47 Å². The van der Waals surface area contributed by atoms with E-state index in [1.165, 1.54) is 12.8 Å². The summed E-state index contributed by atoms with van der Waals surface area (Å²) in [6.07, 6.45) is 5.52. The van der Waals surface area contributed by atoms with Crippen molar-refractivity contribution in [2.75, 3.05) is 19.1 Å². The Labute approximate surface area is 115 Å². The van der Waals surface area contributed by atoms with Crippen molar-refractivity contribution in [1.29, 1.82) is 0 Å². The maximum absolute atomic E-state index is 5.76. The van der Waals surface area contributed by atoms with E-state index in [9.17, 15) is 0 Å². The second-order valence-electron chi connectivity index (χ2n) is 4.25. The Morgan fingerprint density at radius 2 is 1.50 bits per heavy atom. The molecule has 0 aliphatic carbocycles. The van der Waals surface area contributed by atoms with Gasteiger partial charge in [0.1, 0.15) is 0 Å². The molecular weight excluding hydrogens is 248 g/mol. The van der Waals surface area contributed by atoms with Gasteiger partial charge in [-0.05, 0) is 31.4 Å². The fraction of sp³-hybridized carbons (Fsp3) is 0.600. The lowest BCUT2D eigenvalue weighted by Gasteiger charge is -2.11. The van der Waals surface area contributed by atoms with Crippen LogP contribution in [0.1, 0.15) is 39.0 Å². The molecule has 18 heavy (non-hydrogen) atoms. The number of rotatable bonds is 10. The maximum Gasteiger partial charge on any atom is 0.161 e. The predicted molar refractivity (Wildman–Crippen MR) is 76.9 cm³/mol. The first-order valence-corrected chi connectivity index (χ1v) is 7.32. The highest BCUT2D eigenvalue weighted by atomic mass is 35.5. The molecule has 102 valence electrons. The Morgan fingerprint density at radius 3 is 2.11 bits per heavy atom. The summed E-state index contributed by atoms with van der Waals surface area (Å²) in [6, 6.07) is 7.86. The summed E-state index contributed by atoms with van der Waals surface area (Å²) < 4.78 is 11.4. The largest absolute Gasteiger partial charge is 0.490 e. The van der Waals surface area contributed by atoms with Crippen LogP contribution < -0.4 is 9.47 Å². The molecule has 0 saturated heterocycles. The second-order valence-corrected chi connectivity index (χ2v) is 4.62. The van der Waals surface area contributed by atoms with E-state index in [1.54, 1.807) is 0 Å². The number of hydrogen-bond donors (Lipinski definition) is 0. The molecule has 1 aromatic rings. The Balaban J connectivity index is 2.27.